The van der Waals surface area contributed by atoms with E-state index in [1.165, 1.54) is 23.1 Å². The molecule has 2 heterocycles. The van der Waals surface area contributed by atoms with E-state index in [1.54, 1.807) is 25.1 Å². The van der Waals surface area contributed by atoms with Gasteiger partial charge in [0.2, 0.25) is 10.0 Å². The molecule has 3 aliphatic rings. The molecule has 2 aliphatic heterocycles. The molecule has 1 amide bonds. The second-order valence-corrected chi connectivity index (χ2v) is 11.6. The van der Waals surface area contributed by atoms with Crippen LogP contribution in [0.15, 0.2) is 36.4 Å². The van der Waals surface area contributed by atoms with Gasteiger partial charge in [0.05, 0.1) is 30.5 Å². The van der Waals surface area contributed by atoms with Gasteiger partial charge >= 0.3 is 0 Å². The first-order valence-corrected chi connectivity index (χ1v) is 13.3. The first-order chi connectivity index (χ1) is 16.7. The highest BCUT2D eigenvalue weighted by atomic mass is 32.2. The summed E-state index contributed by atoms with van der Waals surface area (Å²) in [6.07, 6.45) is -1.00. The van der Waals surface area contributed by atoms with E-state index in [2.05, 4.69) is 4.72 Å². The van der Waals surface area contributed by atoms with Crippen LogP contribution >= 0.6 is 0 Å². The Hall–Kier alpha value is -2.43. The minimum Gasteiger partial charge on any atom is -0.368 e. The van der Waals surface area contributed by atoms with E-state index >= 15 is 8.78 Å². The first kappa shape index (κ1) is 24.3. The topological polar surface area (TPSA) is 75.7 Å². The summed E-state index contributed by atoms with van der Waals surface area (Å²) < 4.78 is 78.3. The number of benzene rings is 2. The second-order valence-electron chi connectivity index (χ2n) is 9.58. The van der Waals surface area contributed by atoms with E-state index in [1.807, 2.05) is 0 Å². The van der Waals surface area contributed by atoms with Gasteiger partial charge < -0.3 is 9.64 Å². The summed E-state index contributed by atoms with van der Waals surface area (Å²) in [6, 6.07) is 6.75. The number of likely N-dealkylation sites (tertiary alicyclic amines) is 1. The van der Waals surface area contributed by atoms with Crippen molar-refractivity contribution in [3.05, 3.63) is 59.2 Å². The van der Waals surface area contributed by atoms with E-state index in [-0.39, 0.29) is 29.7 Å². The molecule has 2 aromatic rings. The van der Waals surface area contributed by atoms with Crippen molar-refractivity contribution >= 4 is 15.9 Å². The zero-order valence-corrected chi connectivity index (χ0v) is 20.0. The number of aryl methyl sites for hydroxylation is 1. The molecule has 35 heavy (non-hydrogen) atoms. The van der Waals surface area contributed by atoms with E-state index in [0.29, 0.717) is 25.9 Å². The Morgan fingerprint density at radius 1 is 1.14 bits per heavy atom. The third-order valence-corrected chi connectivity index (χ3v) is 8.97. The van der Waals surface area contributed by atoms with Crippen LogP contribution in [-0.4, -0.2) is 62.0 Å². The Kier molecular flexibility index (Phi) is 6.39. The smallest absolute Gasteiger partial charge is 0.252 e. The molecule has 0 aromatic heterocycles. The fourth-order valence-corrected chi connectivity index (χ4v) is 6.44. The molecule has 2 saturated heterocycles. The number of carbonyl (C=O) groups excluding carboxylic acids is 1. The molecular weight excluding hydrogens is 481 g/mol. The quantitative estimate of drug-likeness (QED) is 0.623. The largest absolute Gasteiger partial charge is 0.368 e. The fraction of sp³-hybridized carbons (Fsp3) is 0.480. The number of amides is 1. The molecular formula is C25H27F3N2O4S. The molecule has 1 aliphatic carbocycles. The van der Waals surface area contributed by atoms with Crippen LogP contribution in [0.3, 0.4) is 0 Å². The summed E-state index contributed by atoms with van der Waals surface area (Å²) in [7, 11) is -3.76. The van der Waals surface area contributed by atoms with Crippen LogP contribution in [0.25, 0.3) is 11.1 Å². The molecule has 6 nitrogen and oxygen atoms in total. The number of halogens is 3. The van der Waals surface area contributed by atoms with Crippen molar-refractivity contribution in [2.75, 3.05) is 13.2 Å². The van der Waals surface area contributed by atoms with E-state index in [4.69, 9.17) is 4.74 Å². The average molecular weight is 509 g/mol. The van der Waals surface area contributed by atoms with Crippen LogP contribution in [-0.2, 0) is 26.0 Å². The van der Waals surface area contributed by atoms with Crippen molar-refractivity contribution in [2.24, 2.45) is 0 Å². The van der Waals surface area contributed by atoms with Gasteiger partial charge in [0, 0.05) is 17.5 Å². The number of alkyl halides is 1. The lowest BCUT2D eigenvalue weighted by atomic mass is 9.94. The number of hydrogen-bond acceptors (Lipinski definition) is 4. The highest BCUT2D eigenvalue weighted by molar-refractivity contribution is 7.90. The van der Waals surface area contributed by atoms with Gasteiger partial charge in [-0.1, -0.05) is 29.8 Å². The molecule has 3 fully saturated rings. The molecule has 4 atom stereocenters. The molecule has 0 bridgehead atoms. The highest BCUT2D eigenvalue weighted by Crippen LogP contribution is 2.34. The van der Waals surface area contributed by atoms with E-state index in [9.17, 15) is 17.6 Å². The van der Waals surface area contributed by atoms with Crippen molar-refractivity contribution in [2.45, 2.75) is 62.2 Å². The zero-order valence-electron chi connectivity index (χ0n) is 19.2. The third-order valence-electron chi connectivity index (χ3n) is 7.02. The van der Waals surface area contributed by atoms with Gasteiger partial charge in [-0.3, -0.25) is 4.79 Å². The fourth-order valence-electron chi connectivity index (χ4n) is 4.81. The number of carbonyl (C=O) groups is 1. The van der Waals surface area contributed by atoms with Crippen molar-refractivity contribution in [3.63, 3.8) is 0 Å². The summed E-state index contributed by atoms with van der Waals surface area (Å²) in [5.74, 6) is -1.70. The molecule has 0 spiro atoms. The molecule has 0 radical (unpaired) electrons. The summed E-state index contributed by atoms with van der Waals surface area (Å²) >= 11 is 0. The minimum absolute atomic E-state index is 0.0498. The first-order valence-electron chi connectivity index (χ1n) is 11.8. The number of hydrogen-bond donors (Lipinski definition) is 1. The van der Waals surface area contributed by atoms with Crippen molar-refractivity contribution in [1.82, 2.24) is 9.62 Å². The van der Waals surface area contributed by atoms with Crippen LogP contribution < -0.4 is 4.72 Å². The predicted octanol–water partition coefficient (Wildman–Crippen LogP) is 3.27. The number of nitrogens with one attached hydrogen (secondary N) is 1. The summed E-state index contributed by atoms with van der Waals surface area (Å²) in [6.45, 7) is 1.88. The molecule has 188 valence electrons. The van der Waals surface area contributed by atoms with Gasteiger partial charge in [0.25, 0.3) is 5.91 Å². The Morgan fingerprint density at radius 2 is 1.89 bits per heavy atom. The van der Waals surface area contributed by atoms with Gasteiger partial charge in [-0.15, -0.1) is 0 Å². The van der Waals surface area contributed by atoms with Gasteiger partial charge in [0.15, 0.2) is 0 Å². The molecule has 1 saturated carbocycles. The lowest BCUT2D eigenvalue weighted by Crippen LogP contribution is -2.53. The standard InChI is InChI=1S/C25H27F3N2O4S/c1-14-5-8-19(26)18(11-14)17-4-2-3-15(23(17)28)12-21-24(29-35(32,33)16-6-7-16)20(27)13-30(21)25(31)22-9-10-34-22/h2-5,8,11,16,20-22,24,29H,6-7,9-10,12-13H2,1H3/t20-,21-,22?,24-/m0/s1. The summed E-state index contributed by atoms with van der Waals surface area (Å²) in [5, 5.41) is -0.570. The maximum atomic E-state index is 15.7. The molecule has 5 rings (SSSR count). The SMILES string of the molecule is Cc1ccc(F)c(-c2cccc(C[C@H]3[C@@H](NS(=O)(=O)C4CC4)[C@@H](F)CN3C(=O)C3CCO3)c2F)c1. The molecule has 1 unspecified atom stereocenters. The lowest BCUT2D eigenvalue weighted by molar-refractivity contribution is -0.157. The van der Waals surface area contributed by atoms with Crippen LogP contribution in [0.2, 0.25) is 0 Å². The van der Waals surface area contributed by atoms with Gasteiger partial charge in [-0.2, -0.15) is 0 Å². The zero-order chi connectivity index (χ0) is 24.9. The number of nitrogens with zero attached hydrogens (tertiary/aromatic N) is 1. The lowest BCUT2D eigenvalue weighted by Gasteiger charge is -2.34. The Morgan fingerprint density at radius 3 is 2.54 bits per heavy atom. The van der Waals surface area contributed by atoms with E-state index < -0.39 is 57.2 Å². The Bertz CT molecular complexity index is 1250. The highest BCUT2D eigenvalue weighted by Gasteiger charge is 2.50. The van der Waals surface area contributed by atoms with E-state index in [0.717, 1.165) is 5.56 Å². The maximum Gasteiger partial charge on any atom is 0.252 e. The second kappa shape index (κ2) is 9.22. The van der Waals surface area contributed by atoms with Crippen LogP contribution in [0.4, 0.5) is 13.2 Å². The molecule has 10 heteroatoms. The van der Waals surface area contributed by atoms with Crippen LogP contribution in [0, 0.1) is 18.6 Å². The summed E-state index contributed by atoms with van der Waals surface area (Å²) in [4.78, 5) is 14.3. The average Bonchev–Trinajstić information content (AvgIpc) is 3.59. The number of rotatable bonds is 7. The Labute approximate surface area is 202 Å². The predicted molar refractivity (Wildman–Crippen MR) is 124 cm³/mol. The van der Waals surface area contributed by atoms with Gasteiger partial charge in [-0.05, 0) is 43.9 Å². The number of sulfonamides is 1. The van der Waals surface area contributed by atoms with Crippen molar-refractivity contribution < 1.29 is 31.1 Å². The summed E-state index contributed by atoms with van der Waals surface area (Å²) in [5.41, 5.74) is 1.05. The Balaban J connectivity index is 1.49. The van der Waals surface area contributed by atoms with Crippen LogP contribution in [0.5, 0.6) is 0 Å². The van der Waals surface area contributed by atoms with Crippen molar-refractivity contribution in [3.8, 4) is 11.1 Å². The van der Waals surface area contributed by atoms with Gasteiger partial charge in [-0.25, -0.2) is 26.3 Å². The molecule has 1 N–H and O–H groups in total. The van der Waals surface area contributed by atoms with Crippen molar-refractivity contribution in [1.29, 1.82) is 0 Å². The monoisotopic (exact) mass is 508 g/mol. The maximum absolute atomic E-state index is 15.7. The number of ether oxygens (including phenoxy) is 1. The third kappa shape index (κ3) is 4.71. The minimum atomic E-state index is -3.76. The normalized spacial score (nSPS) is 26.6. The van der Waals surface area contributed by atoms with Crippen LogP contribution in [0.1, 0.15) is 30.4 Å². The molecule has 2 aromatic carbocycles. The van der Waals surface area contributed by atoms with Gasteiger partial charge in [0.1, 0.15) is 23.9 Å².